The second kappa shape index (κ2) is 5.05. The van der Waals surface area contributed by atoms with Crippen LogP contribution >= 0.6 is 27.5 Å². The predicted molar refractivity (Wildman–Crippen MR) is 81.3 cm³/mol. The Morgan fingerprint density at radius 1 is 1.17 bits per heavy atom. The van der Waals surface area contributed by atoms with Gasteiger partial charge in [0.15, 0.2) is 0 Å². The molecule has 98 valence electrons. The number of halogens is 2. The van der Waals surface area contributed by atoms with Crippen LogP contribution in [0.5, 0.6) is 0 Å². The van der Waals surface area contributed by atoms with Crippen molar-refractivity contribution in [2.45, 2.75) is 51.0 Å². The zero-order valence-corrected chi connectivity index (χ0v) is 12.9. The lowest BCUT2D eigenvalue weighted by Gasteiger charge is -2.52. The summed E-state index contributed by atoms with van der Waals surface area (Å²) in [5.74, 6) is 0. The van der Waals surface area contributed by atoms with Crippen molar-refractivity contribution in [2.75, 3.05) is 5.32 Å². The van der Waals surface area contributed by atoms with E-state index in [0.29, 0.717) is 11.5 Å². The van der Waals surface area contributed by atoms with Crippen molar-refractivity contribution < 1.29 is 0 Å². The molecule has 0 bridgehead atoms. The highest BCUT2D eigenvalue weighted by Crippen LogP contribution is 2.53. The van der Waals surface area contributed by atoms with Gasteiger partial charge in [0, 0.05) is 15.5 Å². The van der Waals surface area contributed by atoms with Gasteiger partial charge in [0.25, 0.3) is 0 Å². The van der Waals surface area contributed by atoms with Crippen LogP contribution < -0.4 is 5.32 Å². The molecule has 1 nitrogen and oxygen atoms in total. The van der Waals surface area contributed by atoms with Crippen molar-refractivity contribution in [2.24, 2.45) is 5.41 Å². The van der Waals surface area contributed by atoms with Crippen LogP contribution in [0.2, 0.25) is 5.02 Å². The SMILES string of the molecule is Clc1ccc(Br)c(NC2CCC23CCCCC3)c1. The summed E-state index contributed by atoms with van der Waals surface area (Å²) >= 11 is 9.68. The summed E-state index contributed by atoms with van der Waals surface area (Å²) in [5.41, 5.74) is 1.73. The largest absolute Gasteiger partial charge is 0.381 e. The third-order valence-electron chi connectivity index (χ3n) is 4.78. The number of hydrogen-bond acceptors (Lipinski definition) is 1. The number of rotatable bonds is 2. The first-order valence-corrected chi connectivity index (χ1v) is 8.08. The van der Waals surface area contributed by atoms with E-state index in [1.807, 2.05) is 18.2 Å². The topological polar surface area (TPSA) is 12.0 Å². The third kappa shape index (κ3) is 2.30. The quantitative estimate of drug-likeness (QED) is 0.742. The molecular formula is C15H19BrClN. The van der Waals surface area contributed by atoms with Crippen LogP contribution in [0.1, 0.15) is 44.9 Å². The van der Waals surface area contributed by atoms with Crippen molar-refractivity contribution in [1.82, 2.24) is 0 Å². The number of anilines is 1. The lowest BCUT2D eigenvalue weighted by molar-refractivity contribution is 0.0571. The van der Waals surface area contributed by atoms with Crippen LogP contribution in [0, 0.1) is 5.41 Å². The predicted octanol–water partition coefficient (Wildman–Crippen LogP) is 5.63. The average Bonchev–Trinajstić information content (AvgIpc) is 2.39. The molecule has 2 fully saturated rings. The van der Waals surface area contributed by atoms with Gasteiger partial charge < -0.3 is 5.32 Å². The molecular weight excluding hydrogens is 310 g/mol. The van der Waals surface area contributed by atoms with Gasteiger partial charge in [0.05, 0.1) is 5.69 Å². The Kier molecular flexibility index (Phi) is 3.59. The van der Waals surface area contributed by atoms with Gasteiger partial charge in [-0.1, -0.05) is 30.9 Å². The first kappa shape index (κ1) is 12.8. The molecule has 0 aliphatic heterocycles. The molecule has 1 unspecified atom stereocenters. The maximum atomic E-state index is 6.08. The zero-order chi connectivity index (χ0) is 12.6. The molecule has 2 aliphatic rings. The van der Waals surface area contributed by atoms with E-state index in [-0.39, 0.29) is 0 Å². The summed E-state index contributed by atoms with van der Waals surface area (Å²) < 4.78 is 1.12. The van der Waals surface area contributed by atoms with Crippen molar-refractivity contribution in [1.29, 1.82) is 0 Å². The van der Waals surface area contributed by atoms with E-state index < -0.39 is 0 Å². The zero-order valence-electron chi connectivity index (χ0n) is 10.5. The van der Waals surface area contributed by atoms with Gasteiger partial charge in [0.1, 0.15) is 0 Å². The van der Waals surface area contributed by atoms with Crippen molar-refractivity contribution in [3.05, 3.63) is 27.7 Å². The van der Waals surface area contributed by atoms with Crippen LogP contribution in [-0.4, -0.2) is 6.04 Å². The van der Waals surface area contributed by atoms with Gasteiger partial charge >= 0.3 is 0 Å². The molecule has 1 atom stereocenters. The molecule has 2 aliphatic carbocycles. The maximum absolute atomic E-state index is 6.08. The Labute approximate surface area is 122 Å². The van der Waals surface area contributed by atoms with Gasteiger partial charge in [-0.15, -0.1) is 0 Å². The van der Waals surface area contributed by atoms with Crippen LogP contribution in [0.4, 0.5) is 5.69 Å². The van der Waals surface area contributed by atoms with E-state index in [0.717, 1.165) is 15.2 Å². The van der Waals surface area contributed by atoms with E-state index in [1.54, 1.807) is 0 Å². The summed E-state index contributed by atoms with van der Waals surface area (Å²) in [4.78, 5) is 0. The molecule has 1 N–H and O–H groups in total. The van der Waals surface area contributed by atoms with Crippen molar-refractivity contribution in [3.63, 3.8) is 0 Å². The number of benzene rings is 1. The van der Waals surface area contributed by atoms with Crippen LogP contribution in [-0.2, 0) is 0 Å². The highest BCUT2D eigenvalue weighted by molar-refractivity contribution is 9.10. The fourth-order valence-corrected chi connectivity index (χ4v) is 4.11. The summed E-state index contributed by atoms with van der Waals surface area (Å²) in [6, 6.07) is 6.62. The standard InChI is InChI=1S/C15H19BrClN/c16-12-5-4-11(17)10-13(12)18-14-6-9-15(14)7-2-1-3-8-15/h4-5,10,14,18H,1-3,6-9H2. The Balaban J connectivity index is 1.74. The van der Waals surface area contributed by atoms with Crippen molar-refractivity contribution >= 4 is 33.2 Å². The van der Waals surface area contributed by atoms with E-state index in [1.165, 1.54) is 44.9 Å². The summed E-state index contributed by atoms with van der Waals surface area (Å²) in [5, 5.41) is 4.52. The Morgan fingerprint density at radius 2 is 1.94 bits per heavy atom. The molecule has 1 spiro atoms. The average molecular weight is 329 g/mol. The summed E-state index contributed by atoms with van der Waals surface area (Å²) in [6.45, 7) is 0. The minimum atomic E-state index is 0.583. The molecule has 1 aromatic rings. The lowest BCUT2D eigenvalue weighted by Crippen LogP contribution is -2.50. The highest BCUT2D eigenvalue weighted by atomic mass is 79.9. The molecule has 2 saturated carbocycles. The molecule has 18 heavy (non-hydrogen) atoms. The summed E-state index contributed by atoms with van der Waals surface area (Å²) in [7, 11) is 0. The number of hydrogen-bond donors (Lipinski definition) is 1. The van der Waals surface area contributed by atoms with Gasteiger partial charge in [-0.3, -0.25) is 0 Å². The van der Waals surface area contributed by atoms with Gasteiger partial charge in [-0.25, -0.2) is 0 Å². The molecule has 1 aromatic carbocycles. The minimum Gasteiger partial charge on any atom is -0.381 e. The maximum Gasteiger partial charge on any atom is 0.0501 e. The number of nitrogens with one attached hydrogen (secondary N) is 1. The van der Waals surface area contributed by atoms with Crippen LogP contribution in [0.15, 0.2) is 22.7 Å². The Hall–Kier alpha value is -0.210. The second-order valence-corrected chi connectivity index (χ2v) is 7.07. The lowest BCUT2D eigenvalue weighted by atomic mass is 9.57. The first-order valence-electron chi connectivity index (χ1n) is 6.91. The summed E-state index contributed by atoms with van der Waals surface area (Å²) in [6.07, 6.45) is 9.77. The smallest absolute Gasteiger partial charge is 0.0501 e. The van der Waals surface area contributed by atoms with Crippen LogP contribution in [0.3, 0.4) is 0 Å². The molecule has 0 aromatic heterocycles. The normalized spacial score (nSPS) is 25.8. The molecule has 0 amide bonds. The molecule has 0 radical (unpaired) electrons. The highest BCUT2D eigenvalue weighted by Gasteiger charge is 2.46. The molecule has 3 heteroatoms. The second-order valence-electron chi connectivity index (χ2n) is 5.78. The van der Waals surface area contributed by atoms with Gasteiger partial charge in [-0.2, -0.15) is 0 Å². The first-order chi connectivity index (χ1) is 8.70. The van der Waals surface area contributed by atoms with Gasteiger partial charge in [0.2, 0.25) is 0 Å². The van der Waals surface area contributed by atoms with Crippen LogP contribution in [0.25, 0.3) is 0 Å². The van der Waals surface area contributed by atoms with Gasteiger partial charge in [-0.05, 0) is 65.2 Å². The molecule has 0 saturated heterocycles. The minimum absolute atomic E-state index is 0.583. The van der Waals surface area contributed by atoms with E-state index >= 15 is 0 Å². The molecule has 3 rings (SSSR count). The molecule has 0 heterocycles. The van der Waals surface area contributed by atoms with Crippen molar-refractivity contribution in [3.8, 4) is 0 Å². The Morgan fingerprint density at radius 3 is 2.61 bits per heavy atom. The van der Waals surface area contributed by atoms with E-state index in [4.69, 9.17) is 11.6 Å². The fourth-order valence-electron chi connectivity index (χ4n) is 3.57. The third-order valence-corrected chi connectivity index (χ3v) is 5.70. The van der Waals surface area contributed by atoms with E-state index in [2.05, 4.69) is 21.2 Å². The fraction of sp³-hybridized carbons (Fsp3) is 0.600. The monoisotopic (exact) mass is 327 g/mol. The van der Waals surface area contributed by atoms with E-state index in [9.17, 15) is 0 Å². The Bertz CT molecular complexity index is 440.